The largest absolute Gasteiger partial charge is 0.342 e. The molecule has 112 valence electrons. The maximum absolute atomic E-state index is 12.5. The minimum absolute atomic E-state index is 0.206. The number of rotatable bonds is 4. The van der Waals surface area contributed by atoms with Crippen LogP contribution in [0.3, 0.4) is 0 Å². The number of benzene rings is 1. The monoisotopic (exact) mass is 297 g/mol. The van der Waals surface area contributed by atoms with E-state index in [1.807, 2.05) is 32.2 Å². The molecule has 0 radical (unpaired) electrons. The zero-order valence-electron chi connectivity index (χ0n) is 12.2. The SMILES string of the molecule is CC(NC(=O)c1ccccc1-c1ncn[nH]1)c1nncn1C. The number of aromatic amines is 1. The second kappa shape index (κ2) is 5.76. The highest BCUT2D eigenvalue weighted by Crippen LogP contribution is 2.20. The standard InChI is InChI=1S/C14H15N7O/c1-9(13-20-17-8-21(13)2)18-14(22)11-6-4-3-5-10(11)12-15-7-16-19-12/h3-9H,1-2H3,(H,18,22)(H,15,16,19). The molecule has 0 saturated heterocycles. The van der Waals surface area contributed by atoms with Gasteiger partial charge in [-0.3, -0.25) is 9.89 Å². The van der Waals surface area contributed by atoms with Crippen LogP contribution in [0.4, 0.5) is 0 Å². The van der Waals surface area contributed by atoms with Crippen molar-refractivity contribution >= 4 is 5.91 Å². The minimum atomic E-state index is -0.261. The van der Waals surface area contributed by atoms with Gasteiger partial charge in [0.05, 0.1) is 11.6 Å². The number of aryl methyl sites for hydroxylation is 1. The molecule has 1 unspecified atom stereocenters. The number of hydrogen-bond acceptors (Lipinski definition) is 5. The summed E-state index contributed by atoms with van der Waals surface area (Å²) in [5.41, 5.74) is 1.22. The van der Waals surface area contributed by atoms with Crippen LogP contribution in [0.2, 0.25) is 0 Å². The highest BCUT2D eigenvalue weighted by atomic mass is 16.1. The van der Waals surface area contributed by atoms with Gasteiger partial charge in [0.25, 0.3) is 5.91 Å². The minimum Gasteiger partial charge on any atom is -0.342 e. The van der Waals surface area contributed by atoms with Gasteiger partial charge in [-0.2, -0.15) is 5.10 Å². The Labute approximate surface area is 126 Å². The molecule has 0 aliphatic carbocycles. The summed E-state index contributed by atoms with van der Waals surface area (Å²) in [5, 5.41) is 17.3. The first-order valence-corrected chi connectivity index (χ1v) is 6.76. The van der Waals surface area contributed by atoms with Crippen molar-refractivity contribution < 1.29 is 4.79 Å². The molecule has 1 aromatic carbocycles. The van der Waals surface area contributed by atoms with Crippen LogP contribution in [0.1, 0.15) is 29.1 Å². The summed E-state index contributed by atoms with van der Waals surface area (Å²) in [5.74, 6) is 1.03. The number of carbonyl (C=O) groups excluding carboxylic acids is 1. The maximum atomic E-state index is 12.5. The zero-order chi connectivity index (χ0) is 15.5. The summed E-state index contributed by atoms with van der Waals surface area (Å²) in [6.07, 6.45) is 3.01. The molecule has 0 spiro atoms. The van der Waals surface area contributed by atoms with E-state index in [0.717, 1.165) is 0 Å². The first-order valence-electron chi connectivity index (χ1n) is 6.76. The number of H-pyrrole nitrogens is 1. The molecule has 2 heterocycles. The molecule has 3 rings (SSSR count). The van der Waals surface area contributed by atoms with Crippen LogP contribution in [0.15, 0.2) is 36.9 Å². The molecule has 0 fully saturated rings. The molecule has 0 bridgehead atoms. The molecule has 8 nitrogen and oxygen atoms in total. The van der Waals surface area contributed by atoms with Crippen molar-refractivity contribution in [3.05, 3.63) is 48.3 Å². The second-order valence-electron chi connectivity index (χ2n) is 4.87. The lowest BCUT2D eigenvalue weighted by Gasteiger charge is -2.14. The fraction of sp³-hybridized carbons (Fsp3) is 0.214. The van der Waals surface area contributed by atoms with E-state index in [4.69, 9.17) is 0 Å². The van der Waals surface area contributed by atoms with E-state index in [2.05, 4.69) is 30.7 Å². The highest BCUT2D eigenvalue weighted by Gasteiger charge is 2.18. The smallest absolute Gasteiger partial charge is 0.252 e. The summed E-state index contributed by atoms with van der Waals surface area (Å²) < 4.78 is 1.77. The average Bonchev–Trinajstić information content (AvgIpc) is 3.18. The molecule has 0 aliphatic heterocycles. The number of aromatic nitrogens is 6. The van der Waals surface area contributed by atoms with Gasteiger partial charge in [-0.05, 0) is 13.0 Å². The summed E-state index contributed by atoms with van der Waals surface area (Å²) in [6, 6.07) is 6.96. The average molecular weight is 297 g/mol. The van der Waals surface area contributed by atoms with Crippen molar-refractivity contribution in [2.75, 3.05) is 0 Å². The number of amides is 1. The Kier molecular flexibility index (Phi) is 3.65. The Morgan fingerprint density at radius 2 is 2.18 bits per heavy atom. The Hall–Kier alpha value is -3.03. The van der Waals surface area contributed by atoms with Crippen molar-refractivity contribution in [2.24, 2.45) is 7.05 Å². The van der Waals surface area contributed by atoms with E-state index in [1.165, 1.54) is 6.33 Å². The molecule has 0 aliphatic rings. The number of nitrogens with one attached hydrogen (secondary N) is 2. The van der Waals surface area contributed by atoms with Gasteiger partial charge in [0.15, 0.2) is 11.6 Å². The van der Waals surface area contributed by atoms with Gasteiger partial charge in [-0.15, -0.1) is 10.2 Å². The van der Waals surface area contributed by atoms with Crippen LogP contribution in [0, 0.1) is 0 Å². The molecular weight excluding hydrogens is 282 g/mol. The van der Waals surface area contributed by atoms with Crippen LogP contribution < -0.4 is 5.32 Å². The number of carbonyl (C=O) groups is 1. The highest BCUT2D eigenvalue weighted by molar-refractivity contribution is 6.00. The van der Waals surface area contributed by atoms with Crippen LogP contribution in [-0.4, -0.2) is 35.9 Å². The van der Waals surface area contributed by atoms with Crippen LogP contribution in [0.25, 0.3) is 11.4 Å². The Morgan fingerprint density at radius 3 is 2.86 bits per heavy atom. The van der Waals surface area contributed by atoms with Gasteiger partial charge in [0, 0.05) is 12.6 Å². The van der Waals surface area contributed by atoms with E-state index < -0.39 is 0 Å². The summed E-state index contributed by atoms with van der Waals surface area (Å²) in [4.78, 5) is 16.6. The third-order valence-electron chi connectivity index (χ3n) is 3.32. The molecule has 2 N–H and O–H groups in total. The van der Waals surface area contributed by atoms with Gasteiger partial charge in [0.1, 0.15) is 12.7 Å². The first kappa shape index (κ1) is 13.9. The molecule has 2 aromatic heterocycles. The molecule has 22 heavy (non-hydrogen) atoms. The fourth-order valence-corrected chi connectivity index (χ4v) is 2.25. The van der Waals surface area contributed by atoms with E-state index in [1.54, 1.807) is 17.0 Å². The van der Waals surface area contributed by atoms with Crippen molar-refractivity contribution in [1.82, 2.24) is 35.3 Å². The molecule has 8 heteroatoms. The van der Waals surface area contributed by atoms with Crippen LogP contribution in [-0.2, 0) is 7.05 Å². The van der Waals surface area contributed by atoms with E-state index >= 15 is 0 Å². The van der Waals surface area contributed by atoms with Crippen molar-refractivity contribution in [2.45, 2.75) is 13.0 Å². The zero-order valence-corrected chi connectivity index (χ0v) is 12.2. The fourth-order valence-electron chi connectivity index (χ4n) is 2.25. The quantitative estimate of drug-likeness (QED) is 0.750. The number of nitrogens with zero attached hydrogens (tertiary/aromatic N) is 5. The Bertz CT molecular complexity index is 778. The van der Waals surface area contributed by atoms with Gasteiger partial charge in [-0.1, -0.05) is 18.2 Å². The normalized spacial score (nSPS) is 12.1. The van der Waals surface area contributed by atoms with Gasteiger partial charge in [0.2, 0.25) is 0 Å². The maximum Gasteiger partial charge on any atom is 0.252 e. The van der Waals surface area contributed by atoms with E-state index in [9.17, 15) is 4.79 Å². The predicted octanol–water partition coefficient (Wildman–Crippen LogP) is 1.09. The molecule has 0 saturated carbocycles. The van der Waals surface area contributed by atoms with Gasteiger partial charge in [-0.25, -0.2) is 4.98 Å². The first-order chi connectivity index (χ1) is 10.7. The third kappa shape index (κ3) is 2.58. The summed E-state index contributed by atoms with van der Waals surface area (Å²) in [7, 11) is 1.83. The summed E-state index contributed by atoms with van der Waals surface area (Å²) >= 11 is 0. The molecule has 1 atom stereocenters. The predicted molar refractivity (Wildman–Crippen MR) is 78.7 cm³/mol. The van der Waals surface area contributed by atoms with E-state index in [-0.39, 0.29) is 11.9 Å². The lowest BCUT2D eigenvalue weighted by atomic mass is 10.1. The molecular formula is C14H15N7O. The third-order valence-corrected chi connectivity index (χ3v) is 3.32. The number of hydrogen-bond donors (Lipinski definition) is 2. The van der Waals surface area contributed by atoms with Gasteiger partial charge >= 0.3 is 0 Å². The second-order valence-corrected chi connectivity index (χ2v) is 4.87. The van der Waals surface area contributed by atoms with Crippen molar-refractivity contribution in [1.29, 1.82) is 0 Å². The molecule has 3 aromatic rings. The van der Waals surface area contributed by atoms with Gasteiger partial charge < -0.3 is 9.88 Å². The molecule has 1 amide bonds. The lowest BCUT2D eigenvalue weighted by molar-refractivity contribution is 0.0938. The lowest BCUT2D eigenvalue weighted by Crippen LogP contribution is -2.28. The van der Waals surface area contributed by atoms with Crippen LogP contribution >= 0.6 is 0 Å². The van der Waals surface area contributed by atoms with Crippen molar-refractivity contribution in [3.8, 4) is 11.4 Å². The van der Waals surface area contributed by atoms with E-state index in [0.29, 0.717) is 22.8 Å². The van der Waals surface area contributed by atoms with Crippen LogP contribution in [0.5, 0.6) is 0 Å². The Balaban J connectivity index is 1.86. The Morgan fingerprint density at radius 1 is 1.36 bits per heavy atom. The van der Waals surface area contributed by atoms with Crippen molar-refractivity contribution in [3.63, 3.8) is 0 Å². The topological polar surface area (TPSA) is 101 Å². The summed E-state index contributed by atoms with van der Waals surface area (Å²) in [6.45, 7) is 1.86.